The van der Waals surface area contributed by atoms with Crippen molar-refractivity contribution < 1.29 is 13.5 Å². The van der Waals surface area contributed by atoms with Gasteiger partial charge < -0.3 is 10.1 Å². The molecular weight excluding hydrogens is 252 g/mol. The number of sulfonamides is 1. The third-order valence-electron chi connectivity index (χ3n) is 3.77. The fraction of sp³-hybridized carbons (Fsp3) is 0.667. The lowest BCUT2D eigenvalue weighted by Crippen LogP contribution is -2.30. The van der Waals surface area contributed by atoms with Crippen molar-refractivity contribution in [2.75, 3.05) is 6.54 Å². The van der Waals surface area contributed by atoms with Gasteiger partial charge in [-0.1, -0.05) is 19.8 Å². The number of aliphatic hydroxyl groups is 1. The molecule has 2 rings (SSSR count). The summed E-state index contributed by atoms with van der Waals surface area (Å²) in [6.45, 7) is 2.49. The highest BCUT2D eigenvalue weighted by Gasteiger charge is 2.25. The number of aromatic amines is 1. The van der Waals surface area contributed by atoms with E-state index in [1.165, 1.54) is 25.1 Å². The Morgan fingerprint density at radius 2 is 2.28 bits per heavy atom. The Morgan fingerprint density at radius 1 is 1.50 bits per heavy atom. The largest absolute Gasteiger partial charge is 0.390 e. The van der Waals surface area contributed by atoms with E-state index in [9.17, 15) is 8.42 Å². The highest BCUT2D eigenvalue weighted by atomic mass is 32.2. The second kappa shape index (κ2) is 5.42. The van der Waals surface area contributed by atoms with Gasteiger partial charge in [-0.05, 0) is 24.3 Å². The minimum Gasteiger partial charge on any atom is -0.390 e. The fourth-order valence-corrected chi connectivity index (χ4v) is 3.60. The lowest BCUT2D eigenvalue weighted by Gasteiger charge is -2.15. The predicted molar refractivity (Wildman–Crippen MR) is 68.4 cm³/mol. The maximum absolute atomic E-state index is 12.0. The molecule has 1 aromatic heterocycles. The zero-order valence-electron chi connectivity index (χ0n) is 10.5. The Labute approximate surface area is 108 Å². The normalized spacial score (nSPS) is 24.6. The molecule has 3 N–H and O–H groups in total. The van der Waals surface area contributed by atoms with Crippen LogP contribution in [0.25, 0.3) is 0 Å². The molecule has 1 fully saturated rings. The highest BCUT2D eigenvalue weighted by molar-refractivity contribution is 7.89. The quantitative estimate of drug-likeness (QED) is 0.753. The Bertz CT molecular complexity index is 495. The van der Waals surface area contributed by atoms with Gasteiger partial charge in [0.05, 0.1) is 11.5 Å². The number of rotatable bonds is 5. The Morgan fingerprint density at radius 3 is 2.83 bits per heavy atom. The summed E-state index contributed by atoms with van der Waals surface area (Å²) in [6.07, 6.45) is 4.88. The maximum Gasteiger partial charge on any atom is 0.242 e. The van der Waals surface area contributed by atoms with E-state index in [0.29, 0.717) is 24.1 Å². The Hall–Kier alpha value is -0.850. The molecule has 18 heavy (non-hydrogen) atoms. The van der Waals surface area contributed by atoms with Gasteiger partial charge in [0.2, 0.25) is 10.0 Å². The van der Waals surface area contributed by atoms with Crippen molar-refractivity contribution in [1.29, 1.82) is 0 Å². The number of nitrogens with one attached hydrogen (secondary N) is 2. The molecule has 0 radical (unpaired) electrons. The van der Waals surface area contributed by atoms with Gasteiger partial charge in [-0.25, -0.2) is 13.1 Å². The van der Waals surface area contributed by atoms with Crippen LogP contribution in [0.4, 0.5) is 0 Å². The van der Waals surface area contributed by atoms with Crippen molar-refractivity contribution in [3.63, 3.8) is 0 Å². The van der Waals surface area contributed by atoms with Crippen LogP contribution in [-0.2, 0) is 16.6 Å². The first-order valence-corrected chi connectivity index (χ1v) is 7.79. The Balaban J connectivity index is 1.98. The van der Waals surface area contributed by atoms with Gasteiger partial charge in [-0.15, -0.1) is 0 Å². The van der Waals surface area contributed by atoms with Crippen LogP contribution in [-0.4, -0.2) is 25.1 Å². The number of hydrogen-bond acceptors (Lipinski definition) is 3. The van der Waals surface area contributed by atoms with Crippen molar-refractivity contribution in [2.45, 2.75) is 37.7 Å². The van der Waals surface area contributed by atoms with Crippen LogP contribution < -0.4 is 4.72 Å². The van der Waals surface area contributed by atoms with Gasteiger partial charge >= 0.3 is 0 Å². The summed E-state index contributed by atoms with van der Waals surface area (Å²) in [4.78, 5) is 2.92. The minimum atomic E-state index is -3.45. The molecule has 0 bridgehead atoms. The van der Waals surface area contributed by atoms with Crippen molar-refractivity contribution in [3.05, 3.63) is 18.0 Å². The van der Waals surface area contributed by atoms with E-state index in [-0.39, 0.29) is 11.5 Å². The molecule has 1 saturated carbocycles. The molecular formula is C12H20N2O3S. The molecule has 2 atom stereocenters. The van der Waals surface area contributed by atoms with Gasteiger partial charge in [0, 0.05) is 18.4 Å². The Kier molecular flexibility index (Phi) is 4.09. The molecule has 0 saturated heterocycles. The molecule has 0 aromatic carbocycles. The molecule has 1 heterocycles. The smallest absolute Gasteiger partial charge is 0.242 e. The van der Waals surface area contributed by atoms with Gasteiger partial charge in [-0.3, -0.25) is 0 Å². The SMILES string of the molecule is CC1CCCC1CNS(=O)(=O)c1c[nH]c(CO)c1. The van der Waals surface area contributed by atoms with E-state index in [4.69, 9.17) is 5.11 Å². The molecule has 5 nitrogen and oxygen atoms in total. The van der Waals surface area contributed by atoms with Crippen LogP contribution in [0.5, 0.6) is 0 Å². The second-order valence-electron chi connectivity index (χ2n) is 5.04. The lowest BCUT2D eigenvalue weighted by molar-refractivity contribution is 0.277. The van der Waals surface area contributed by atoms with Crippen LogP contribution in [0.3, 0.4) is 0 Å². The summed E-state index contributed by atoms with van der Waals surface area (Å²) >= 11 is 0. The molecule has 6 heteroatoms. The van der Waals surface area contributed by atoms with Crippen molar-refractivity contribution in [2.24, 2.45) is 11.8 Å². The summed E-state index contributed by atoms with van der Waals surface area (Å²) in [5, 5.41) is 8.91. The summed E-state index contributed by atoms with van der Waals surface area (Å²) in [6, 6.07) is 1.46. The average Bonchev–Trinajstić information content (AvgIpc) is 2.95. The van der Waals surface area contributed by atoms with Gasteiger partial charge in [-0.2, -0.15) is 0 Å². The first kappa shape index (κ1) is 13.6. The molecule has 0 amide bonds. The monoisotopic (exact) mass is 272 g/mol. The van der Waals surface area contributed by atoms with Crippen molar-refractivity contribution in [3.8, 4) is 0 Å². The fourth-order valence-electron chi connectivity index (χ4n) is 2.49. The number of H-pyrrole nitrogens is 1. The molecule has 1 aromatic rings. The maximum atomic E-state index is 12.0. The lowest BCUT2D eigenvalue weighted by atomic mass is 9.99. The van der Waals surface area contributed by atoms with Gasteiger partial charge in [0.25, 0.3) is 0 Å². The van der Waals surface area contributed by atoms with E-state index in [0.717, 1.165) is 6.42 Å². The van der Waals surface area contributed by atoms with Crippen LogP contribution in [0.2, 0.25) is 0 Å². The standard InChI is InChI=1S/C12H20N2O3S/c1-9-3-2-4-10(9)6-14-18(16,17)12-5-11(8-15)13-7-12/h5,7,9-10,13-15H,2-4,6,8H2,1H3. The van der Waals surface area contributed by atoms with Crippen LogP contribution in [0, 0.1) is 11.8 Å². The number of hydrogen-bond donors (Lipinski definition) is 3. The molecule has 2 unspecified atom stereocenters. The topological polar surface area (TPSA) is 82.2 Å². The van der Waals surface area contributed by atoms with Crippen LogP contribution >= 0.6 is 0 Å². The number of aromatic nitrogens is 1. The van der Waals surface area contributed by atoms with Gasteiger partial charge in [0.1, 0.15) is 0 Å². The molecule has 0 aliphatic heterocycles. The third-order valence-corrected chi connectivity index (χ3v) is 5.17. The first-order chi connectivity index (χ1) is 8.53. The predicted octanol–water partition coefficient (Wildman–Crippen LogP) is 1.22. The van der Waals surface area contributed by atoms with Crippen LogP contribution in [0.15, 0.2) is 17.2 Å². The first-order valence-electron chi connectivity index (χ1n) is 6.31. The zero-order valence-corrected chi connectivity index (χ0v) is 11.3. The summed E-state index contributed by atoms with van der Waals surface area (Å²) in [7, 11) is -3.45. The van der Waals surface area contributed by atoms with Crippen molar-refractivity contribution in [1.82, 2.24) is 9.71 Å². The summed E-state index contributed by atoms with van der Waals surface area (Å²) < 4.78 is 26.7. The molecule has 0 spiro atoms. The summed E-state index contributed by atoms with van der Waals surface area (Å²) in [5.41, 5.74) is 0.504. The van der Waals surface area contributed by atoms with E-state index < -0.39 is 10.0 Å². The number of aliphatic hydroxyl groups excluding tert-OH is 1. The van der Waals surface area contributed by atoms with Crippen LogP contribution in [0.1, 0.15) is 31.9 Å². The molecule has 102 valence electrons. The van der Waals surface area contributed by atoms with E-state index >= 15 is 0 Å². The zero-order chi connectivity index (χ0) is 13.2. The molecule has 1 aliphatic rings. The average molecular weight is 272 g/mol. The van der Waals surface area contributed by atoms with E-state index in [2.05, 4.69) is 16.6 Å². The molecule has 1 aliphatic carbocycles. The van der Waals surface area contributed by atoms with E-state index in [1.54, 1.807) is 0 Å². The second-order valence-corrected chi connectivity index (χ2v) is 6.81. The van der Waals surface area contributed by atoms with Crippen molar-refractivity contribution >= 4 is 10.0 Å². The van der Waals surface area contributed by atoms with Gasteiger partial charge in [0.15, 0.2) is 0 Å². The summed E-state index contributed by atoms with van der Waals surface area (Å²) in [5.74, 6) is 1.03. The minimum absolute atomic E-state index is 0.185. The third kappa shape index (κ3) is 2.93. The van der Waals surface area contributed by atoms with E-state index in [1.807, 2.05) is 0 Å². The highest BCUT2D eigenvalue weighted by Crippen LogP contribution is 2.30.